The van der Waals surface area contributed by atoms with Gasteiger partial charge in [0.25, 0.3) is 0 Å². The molecule has 0 spiro atoms. The van der Waals surface area contributed by atoms with Crippen LogP contribution in [0.15, 0.2) is 24.7 Å². The Balaban J connectivity index is 2.35. The quantitative estimate of drug-likeness (QED) is 0.762. The number of rotatable bonds is 2. The highest BCUT2D eigenvalue weighted by Gasteiger charge is 2.06. The monoisotopic (exact) mass is 212 g/mol. The van der Waals surface area contributed by atoms with Crippen molar-refractivity contribution in [1.29, 1.82) is 5.26 Å². The molecule has 16 heavy (non-hydrogen) atoms. The van der Waals surface area contributed by atoms with E-state index >= 15 is 0 Å². The Morgan fingerprint density at radius 1 is 1.38 bits per heavy atom. The van der Waals surface area contributed by atoms with Gasteiger partial charge in [0.1, 0.15) is 11.8 Å². The maximum Gasteiger partial charge on any atom is 0.145 e. The van der Waals surface area contributed by atoms with Gasteiger partial charge in [0, 0.05) is 17.5 Å². The summed E-state index contributed by atoms with van der Waals surface area (Å²) in [5.41, 5.74) is 3.54. The minimum absolute atomic E-state index is 0.480. The van der Waals surface area contributed by atoms with Gasteiger partial charge >= 0.3 is 0 Å². The predicted molar refractivity (Wildman–Crippen MR) is 59.8 cm³/mol. The largest absolute Gasteiger partial charge is 0.330 e. The average Bonchev–Trinajstić information content (AvgIpc) is 2.62. The van der Waals surface area contributed by atoms with E-state index in [1.807, 2.05) is 30.5 Å². The minimum atomic E-state index is 0.480. The van der Waals surface area contributed by atoms with Crippen LogP contribution in [-0.2, 0) is 6.54 Å². The van der Waals surface area contributed by atoms with E-state index in [0.717, 1.165) is 17.0 Å². The molecule has 0 aliphatic heterocycles. The van der Waals surface area contributed by atoms with E-state index in [1.54, 1.807) is 12.5 Å². The number of pyridine rings is 1. The van der Waals surface area contributed by atoms with Crippen LogP contribution in [0, 0.1) is 25.2 Å². The van der Waals surface area contributed by atoms with Crippen molar-refractivity contribution < 1.29 is 0 Å². The van der Waals surface area contributed by atoms with Crippen molar-refractivity contribution in [3.8, 4) is 6.07 Å². The molecular weight excluding hydrogens is 200 g/mol. The SMILES string of the molecule is Cc1ncn(Cc2cccnc2C#N)c1C. The second-order valence-electron chi connectivity index (χ2n) is 3.67. The molecule has 0 atom stereocenters. The van der Waals surface area contributed by atoms with Gasteiger partial charge in [-0.1, -0.05) is 6.07 Å². The van der Waals surface area contributed by atoms with E-state index in [4.69, 9.17) is 5.26 Å². The zero-order valence-corrected chi connectivity index (χ0v) is 9.31. The van der Waals surface area contributed by atoms with Crippen LogP contribution >= 0.6 is 0 Å². The Hall–Kier alpha value is -2.15. The van der Waals surface area contributed by atoms with E-state index in [1.165, 1.54) is 0 Å². The van der Waals surface area contributed by atoms with Crippen LogP contribution in [0.3, 0.4) is 0 Å². The van der Waals surface area contributed by atoms with Gasteiger partial charge in [0.2, 0.25) is 0 Å². The van der Waals surface area contributed by atoms with Gasteiger partial charge in [-0.15, -0.1) is 0 Å². The smallest absolute Gasteiger partial charge is 0.145 e. The van der Waals surface area contributed by atoms with Crippen LogP contribution in [0.5, 0.6) is 0 Å². The molecule has 0 unspecified atom stereocenters. The zero-order valence-electron chi connectivity index (χ0n) is 9.31. The highest BCUT2D eigenvalue weighted by atomic mass is 15.0. The first-order chi connectivity index (χ1) is 7.72. The molecule has 0 amide bonds. The summed E-state index contributed by atoms with van der Waals surface area (Å²) >= 11 is 0. The van der Waals surface area contributed by atoms with Gasteiger partial charge in [0.05, 0.1) is 18.6 Å². The van der Waals surface area contributed by atoms with Crippen LogP contribution in [-0.4, -0.2) is 14.5 Å². The van der Waals surface area contributed by atoms with Crippen molar-refractivity contribution in [2.75, 3.05) is 0 Å². The summed E-state index contributed by atoms with van der Waals surface area (Å²) in [4.78, 5) is 8.26. The lowest BCUT2D eigenvalue weighted by Crippen LogP contribution is -2.03. The van der Waals surface area contributed by atoms with Crippen LogP contribution in [0.25, 0.3) is 0 Å². The third-order valence-electron chi connectivity index (χ3n) is 2.68. The summed E-state index contributed by atoms with van der Waals surface area (Å²) in [5, 5.41) is 8.93. The fraction of sp³-hybridized carbons (Fsp3) is 0.250. The maximum absolute atomic E-state index is 8.93. The molecule has 4 nitrogen and oxygen atoms in total. The molecule has 4 heteroatoms. The summed E-state index contributed by atoms with van der Waals surface area (Å²) in [5.74, 6) is 0. The maximum atomic E-state index is 8.93. The van der Waals surface area contributed by atoms with Gasteiger partial charge in [-0.25, -0.2) is 9.97 Å². The molecule has 0 saturated heterocycles. The Morgan fingerprint density at radius 2 is 2.19 bits per heavy atom. The summed E-state index contributed by atoms with van der Waals surface area (Å²) in [6.07, 6.45) is 3.42. The van der Waals surface area contributed by atoms with Crippen LogP contribution in [0.4, 0.5) is 0 Å². The molecule has 0 bridgehead atoms. The fourth-order valence-electron chi connectivity index (χ4n) is 1.55. The van der Waals surface area contributed by atoms with Crippen molar-refractivity contribution in [1.82, 2.24) is 14.5 Å². The van der Waals surface area contributed by atoms with E-state index in [-0.39, 0.29) is 0 Å². The summed E-state index contributed by atoms with van der Waals surface area (Å²) in [6.45, 7) is 4.63. The van der Waals surface area contributed by atoms with Gasteiger partial charge in [-0.2, -0.15) is 5.26 Å². The first kappa shape index (κ1) is 10.4. The standard InChI is InChI=1S/C12H12N4/c1-9-10(2)16(8-15-9)7-11-4-3-5-14-12(11)6-13/h3-5,8H,7H2,1-2H3. The first-order valence-electron chi connectivity index (χ1n) is 5.04. The lowest BCUT2D eigenvalue weighted by molar-refractivity contribution is 0.763. The molecule has 2 heterocycles. The highest BCUT2D eigenvalue weighted by molar-refractivity contribution is 5.31. The van der Waals surface area contributed by atoms with Crippen molar-refractivity contribution in [2.24, 2.45) is 0 Å². The van der Waals surface area contributed by atoms with E-state index < -0.39 is 0 Å². The molecule has 0 aliphatic carbocycles. The van der Waals surface area contributed by atoms with Crippen molar-refractivity contribution in [3.63, 3.8) is 0 Å². The van der Waals surface area contributed by atoms with Gasteiger partial charge < -0.3 is 4.57 Å². The van der Waals surface area contributed by atoms with E-state index in [2.05, 4.69) is 16.0 Å². The molecule has 2 aromatic heterocycles. The molecule has 0 aliphatic rings. The average molecular weight is 212 g/mol. The number of aryl methyl sites for hydroxylation is 1. The third kappa shape index (κ3) is 1.80. The molecule has 2 rings (SSSR count). The molecule has 80 valence electrons. The molecule has 0 fully saturated rings. The van der Waals surface area contributed by atoms with Crippen molar-refractivity contribution >= 4 is 0 Å². The lowest BCUT2D eigenvalue weighted by Gasteiger charge is -2.06. The highest BCUT2D eigenvalue weighted by Crippen LogP contribution is 2.10. The van der Waals surface area contributed by atoms with E-state index in [0.29, 0.717) is 12.2 Å². The zero-order chi connectivity index (χ0) is 11.5. The Kier molecular flexibility index (Phi) is 2.69. The third-order valence-corrected chi connectivity index (χ3v) is 2.68. The number of aromatic nitrogens is 3. The van der Waals surface area contributed by atoms with Crippen LogP contribution in [0.2, 0.25) is 0 Å². The molecule has 0 N–H and O–H groups in total. The van der Waals surface area contributed by atoms with E-state index in [9.17, 15) is 0 Å². The number of hydrogen-bond donors (Lipinski definition) is 0. The number of imidazole rings is 1. The fourth-order valence-corrected chi connectivity index (χ4v) is 1.55. The predicted octanol–water partition coefficient (Wildman–Crippen LogP) is 1.81. The number of nitriles is 1. The molecule has 2 aromatic rings. The summed E-state index contributed by atoms with van der Waals surface area (Å²) in [6, 6.07) is 5.86. The topological polar surface area (TPSA) is 54.5 Å². The molecule has 0 saturated carbocycles. The molecule has 0 aromatic carbocycles. The number of nitrogens with zero attached hydrogens (tertiary/aromatic N) is 4. The lowest BCUT2D eigenvalue weighted by atomic mass is 10.2. The normalized spacial score (nSPS) is 10.1. The van der Waals surface area contributed by atoms with Gasteiger partial charge in [0.15, 0.2) is 0 Å². The summed E-state index contributed by atoms with van der Waals surface area (Å²) < 4.78 is 2.02. The van der Waals surface area contributed by atoms with Crippen LogP contribution in [0.1, 0.15) is 22.6 Å². The first-order valence-corrected chi connectivity index (χ1v) is 5.04. The van der Waals surface area contributed by atoms with Gasteiger partial charge in [-0.05, 0) is 19.9 Å². The second kappa shape index (κ2) is 4.15. The second-order valence-corrected chi connectivity index (χ2v) is 3.67. The molecular formula is C12H12N4. The van der Waals surface area contributed by atoms with Crippen molar-refractivity contribution in [2.45, 2.75) is 20.4 Å². The number of hydrogen-bond acceptors (Lipinski definition) is 3. The van der Waals surface area contributed by atoms with Crippen LogP contribution < -0.4 is 0 Å². The van der Waals surface area contributed by atoms with Gasteiger partial charge in [-0.3, -0.25) is 0 Å². The Labute approximate surface area is 94.2 Å². The Morgan fingerprint density at radius 3 is 2.81 bits per heavy atom. The minimum Gasteiger partial charge on any atom is -0.330 e. The Bertz CT molecular complexity index is 548. The van der Waals surface area contributed by atoms with Crippen molar-refractivity contribution in [3.05, 3.63) is 47.3 Å². The molecule has 0 radical (unpaired) electrons. The summed E-state index contributed by atoms with van der Waals surface area (Å²) in [7, 11) is 0.